The molecule has 0 aliphatic carbocycles. The lowest BCUT2D eigenvalue weighted by Gasteiger charge is -2.16. The molecule has 0 aliphatic heterocycles. The average Bonchev–Trinajstić information content (AvgIpc) is 2.18. The quantitative estimate of drug-likeness (QED) is 0.803. The van der Waals surface area contributed by atoms with E-state index in [1.807, 2.05) is 0 Å². The zero-order valence-corrected chi connectivity index (χ0v) is 8.60. The number of ether oxygens (including phenoxy) is 1. The molecule has 0 aromatic carbocycles. The van der Waals surface area contributed by atoms with Crippen molar-refractivity contribution in [1.29, 1.82) is 5.26 Å². The summed E-state index contributed by atoms with van der Waals surface area (Å²) in [5.41, 5.74) is -0.339. The van der Waals surface area contributed by atoms with E-state index in [0.717, 1.165) is 4.57 Å². The number of rotatable bonds is 3. The van der Waals surface area contributed by atoms with E-state index in [4.69, 9.17) is 10.00 Å². The maximum atomic E-state index is 11.4. The first kappa shape index (κ1) is 11.3. The number of nitrogens with zero attached hydrogens (tertiary/aromatic N) is 2. The summed E-state index contributed by atoms with van der Waals surface area (Å²) in [6, 6.07) is 4.31. The van der Waals surface area contributed by atoms with Gasteiger partial charge in [-0.1, -0.05) is 0 Å². The Bertz CT molecular complexity index is 445. The van der Waals surface area contributed by atoms with Gasteiger partial charge >= 0.3 is 0 Å². The van der Waals surface area contributed by atoms with Crippen LogP contribution in [0.3, 0.4) is 0 Å². The van der Waals surface area contributed by atoms with Gasteiger partial charge in [0.05, 0.1) is 0 Å². The summed E-state index contributed by atoms with van der Waals surface area (Å²) in [5.74, 6) is -0.356. The third-order valence-electron chi connectivity index (χ3n) is 1.99. The molecule has 80 valence electrons. The molecule has 1 N–H and O–H groups in total. The van der Waals surface area contributed by atoms with Gasteiger partial charge in [-0.15, -0.1) is 0 Å². The van der Waals surface area contributed by atoms with Gasteiger partial charge in [0.1, 0.15) is 17.9 Å². The van der Waals surface area contributed by atoms with Crippen LogP contribution < -0.4 is 5.56 Å². The van der Waals surface area contributed by atoms with Crippen LogP contribution in [0.1, 0.15) is 25.6 Å². The molecule has 0 aliphatic rings. The van der Waals surface area contributed by atoms with Gasteiger partial charge in [0.25, 0.3) is 5.56 Å². The third kappa shape index (κ3) is 2.17. The zero-order chi connectivity index (χ0) is 11.4. The van der Waals surface area contributed by atoms with Crippen LogP contribution in [0.15, 0.2) is 16.9 Å². The Labute approximate surface area is 87.1 Å². The molecule has 0 radical (unpaired) electrons. The van der Waals surface area contributed by atoms with Gasteiger partial charge in [-0.3, -0.25) is 9.36 Å². The van der Waals surface area contributed by atoms with E-state index in [2.05, 4.69) is 0 Å². The lowest BCUT2D eigenvalue weighted by Crippen LogP contribution is -2.24. The molecular formula is C10H12N2O3. The van der Waals surface area contributed by atoms with Gasteiger partial charge < -0.3 is 9.84 Å². The van der Waals surface area contributed by atoms with Crippen molar-refractivity contribution in [2.45, 2.75) is 20.1 Å². The van der Waals surface area contributed by atoms with E-state index in [-0.39, 0.29) is 11.4 Å². The Hall–Kier alpha value is -1.80. The Kier molecular flexibility index (Phi) is 3.47. The van der Waals surface area contributed by atoms with Crippen LogP contribution in [0.2, 0.25) is 0 Å². The van der Waals surface area contributed by atoms with Gasteiger partial charge in [0.15, 0.2) is 0 Å². The summed E-state index contributed by atoms with van der Waals surface area (Å²) in [6.45, 7) is 3.84. The lowest BCUT2D eigenvalue weighted by molar-refractivity contribution is 0.0172. The number of hydrogen-bond donors (Lipinski definition) is 1. The smallest absolute Gasteiger partial charge is 0.255 e. The van der Waals surface area contributed by atoms with E-state index >= 15 is 0 Å². The first-order chi connectivity index (χ1) is 7.11. The number of nitriles is 1. The number of aromatic hydroxyl groups is 1. The maximum absolute atomic E-state index is 11.4. The lowest BCUT2D eigenvalue weighted by atomic mass is 10.3. The van der Waals surface area contributed by atoms with Gasteiger partial charge in [0, 0.05) is 12.7 Å². The molecule has 1 heterocycles. The van der Waals surface area contributed by atoms with Crippen LogP contribution in [-0.4, -0.2) is 16.3 Å². The van der Waals surface area contributed by atoms with Crippen molar-refractivity contribution in [2.24, 2.45) is 0 Å². The van der Waals surface area contributed by atoms with Crippen molar-refractivity contribution in [1.82, 2.24) is 4.57 Å². The molecule has 1 aromatic heterocycles. The summed E-state index contributed by atoms with van der Waals surface area (Å²) >= 11 is 0. The Morgan fingerprint density at radius 1 is 1.67 bits per heavy atom. The minimum absolute atomic E-state index is 0.0566. The molecule has 0 saturated carbocycles. The molecule has 0 spiro atoms. The zero-order valence-electron chi connectivity index (χ0n) is 8.60. The molecule has 0 fully saturated rings. The van der Waals surface area contributed by atoms with Crippen molar-refractivity contribution in [3.63, 3.8) is 0 Å². The summed E-state index contributed by atoms with van der Waals surface area (Å²) < 4.78 is 6.23. The van der Waals surface area contributed by atoms with Crippen LogP contribution >= 0.6 is 0 Å². The predicted octanol–water partition coefficient (Wildman–Crippen LogP) is 0.981. The van der Waals surface area contributed by atoms with Crippen LogP contribution in [-0.2, 0) is 4.74 Å². The van der Waals surface area contributed by atoms with Gasteiger partial charge in [-0.05, 0) is 19.9 Å². The summed E-state index contributed by atoms with van der Waals surface area (Å²) in [4.78, 5) is 11.4. The van der Waals surface area contributed by atoms with Crippen molar-refractivity contribution < 1.29 is 9.84 Å². The van der Waals surface area contributed by atoms with E-state index in [0.29, 0.717) is 6.61 Å². The first-order valence-corrected chi connectivity index (χ1v) is 4.58. The molecule has 5 nitrogen and oxygen atoms in total. The Balaban J connectivity index is 3.28. The monoisotopic (exact) mass is 208 g/mol. The van der Waals surface area contributed by atoms with Crippen LogP contribution in [0.4, 0.5) is 0 Å². The first-order valence-electron chi connectivity index (χ1n) is 4.58. The molecule has 1 unspecified atom stereocenters. The molecule has 0 bridgehead atoms. The van der Waals surface area contributed by atoms with E-state index in [1.54, 1.807) is 19.9 Å². The van der Waals surface area contributed by atoms with E-state index < -0.39 is 11.8 Å². The second kappa shape index (κ2) is 4.62. The molecule has 1 rings (SSSR count). The van der Waals surface area contributed by atoms with E-state index in [1.165, 1.54) is 12.1 Å². The average molecular weight is 208 g/mol. The van der Waals surface area contributed by atoms with Crippen LogP contribution in [0, 0.1) is 11.3 Å². The molecule has 5 heteroatoms. The van der Waals surface area contributed by atoms with Gasteiger partial charge in [-0.25, -0.2) is 0 Å². The standard InChI is InChI=1S/C10H12N2O3/c1-3-15-7(2)12-9(13)5-4-8(6-11)10(12)14/h4-5,7,14H,3H2,1-2H3. The van der Waals surface area contributed by atoms with Crippen molar-refractivity contribution in [3.8, 4) is 11.9 Å². The van der Waals surface area contributed by atoms with Crippen LogP contribution in [0.5, 0.6) is 5.88 Å². The van der Waals surface area contributed by atoms with Crippen molar-refractivity contribution in [3.05, 3.63) is 28.0 Å². The highest BCUT2D eigenvalue weighted by Gasteiger charge is 2.13. The number of pyridine rings is 1. The van der Waals surface area contributed by atoms with Gasteiger partial charge in [0.2, 0.25) is 5.88 Å². The highest BCUT2D eigenvalue weighted by molar-refractivity contribution is 5.37. The second-order valence-corrected chi connectivity index (χ2v) is 2.95. The molecular weight excluding hydrogens is 196 g/mol. The normalized spacial score (nSPS) is 12.1. The topological polar surface area (TPSA) is 75.2 Å². The Morgan fingerprint density at radius 2 is 2.33 bits per heavy atom. The predicted molar refractivity (Wildman–Crippen MR) is 53.4 cm³/mol. The van der Waals surface area contributed by atoms with Crippen LogP contribution in [0.25, 0.3) is 0 Å². The fourth-order valence-corrected chi connectivity index (χ4v) is 1.30. The SMILES string of the molecule is CCOC(C)n1c(O)c(C#N)ccc1=O. The minimum atomic E-state index is -0.587. The third-order valence-corrected chi connectivity index (χ3v) is 1.99. The fourth-order valence-electron chi connectivity index (χ4n) is 1.30. The molecule has 1 aromatic rings. The fraction of sp³-hybridized carbons (Fsp3) is 0.400. The number of hydrogen-bond acceptors (Lipinski definition) is 4. The molecule has 1 atom stereocenters. The molecule has 15 heavy (non-hydrogen) atoms. The Morgan fingerprint density at radius 3 is 2.87 bits per heavy atom. The highest BCUT2D eigenvalue weighted by Crippen LogP contribution is 2.18. The number of aromatic nitrogens is 1. The second-order valence-electron chi connectivity index (χ2n) is 2.95. The van der Waals surface area contributed by atoms with Crippen molar-refractivity contribution in [2.75, 3.05) is 6.61 Å². The summed E-state index contributed by atoms with van der Waals surface area (Å²) in [7, 11) is 0. The molecule has 0 amide bonds. The van der Waals surface area contributed by atoms with Gasteiger partial charge in [-0.2, -0.15) is 5.26 Å². The minimum Gasteiger partial charge on any atom is -0.493 e. The highest BCUT2D eigenvalue weighted by atomic mass is 16.5. The molecule has 0 saturated heterocycles. The summed E-state index contributed by atoms with van der Waals surface area (Å²) in [6.07, 6.45) is -0.587. The largest absolute Gasteiger partial charge is 0.493 e. The van der Waals surface area contributed by atoms with Crippen molar-refractivity contribution >= 4 is 0 Å². The maximum Gasteiger partial charge on any atom is 0.255 e. The summed E-state index contributed by atoms with van der Waals surface area (Å²) in [5, 5.41) is 18.3. The van der Waals surface area contributed by atoms with E-state index in [9.17, 15) is 9.90 Å².